The van der Waals surface area contributed by atoms with Crippen molar-refractivity contribution in [3.8, 4) is 0 Å². The number of hydrogen-bond donors (Lipinski definition) is 0. The van der Waals surface area contributed by atoms with E-state index in [-0.39, 0.29) is 11.4 Å². The lowest BCUT2D eigenvalue weighted by Crippen LogP contribution is -2.26. The molecule has 0 unspecified atom stereocenters. The van der Waals surface area contributed by atoms with Crippen molar-refractivity contribution >= 4 is 38.3 Å². The van der Waals surface area contributed by atoms with Crippen molar-refractivity contribution in [3.05, 3.63) is 60.2 Å². The number of ether oxygens (including phenoxy) is 1. The molecule has 2 heteroatoms. The van der Waals surface area contributed by atoms with Gasteiger partial charge in [0.1, 0.15) is 0 Å². The normalized spacial score (nSPS) is 15.3. The average molecular weight is 427 g/mol. The van der Waals surface area contributed by atoms with Crippen LogP contribution in [0.15, 0.2) is 54.6 Å². The zero-order valence-corrected chi connectivity index (χ0v) is 19.5. The lowest BCUT2D eigenvalue weighted by atomic mass is 9.75. The highest BCUT2D eigenvalue weighted by atomic mass is 16.5. The van der Waals surface area contributed by atoms with E-state index in [2.05, 4.69) is 68.4 Å². The van der Waals surface area contributed by atoms with Gasteiger partial charge in [0.05, 0.1) is 13.0 Å². The Morgan fingerprint density at radius 1 is 0.875 bits per heavy atom. The molecule has 1 fully saturated rings. The summed E-state index contributed by atoms with van der Waals surface area (Å²) in [6.45, 7) is 5.00. The Morgan fingerprint density at radius 2 is 1.53 bits per heavy atom. The van der Waals surface area contributed by atoms with Crippen LogP contribution in [0.3, 0.4) is 0 Å². The highest BCUT2D eigenvalue weighted by molar-refractivity contribution is 6.23. The standard InChI is InChI=1S/C30H34O2/c1-30(2,25-11-3-4-12-25)20-27(31)32-19-6-5-8-21-13-14-24-16-15-22-9-7-10-23-17-18-26(21)29(24)28(22)23/h7,9-10,13-18,25H,3-6,8,11-12,19-20H2,1-2H3. The topological polar surface area (TPSA) is 26.3 Å². The zero-order chi connectivity index (χ0) is 22.1. The van der Waals surface area contributed by atoms with Crippen LogP contribution in [0.25, 0.3) is 32.3 Å². The Labute approximate surface area is 191 Å². The van der Waals surface area contributed by atoms with Gasteiger partial charge in [0.25, 0.3) is 0 Å². The molecule has 32 heavy (non-hydrogen) atoms. The van der Waals surface area contributed by atoms with Gasteiger partial charge in [0.15, 0.2) is 0 Å². The number of carbonyl (C=O) groups is 1. The molecule has 1 aliphatic carbocycles. The molecule has 1 saturated carbocycles. The van der Waals surface area contributed by atoms with Gasteiger partial charge in [-0.25, -0.2) is 0 Å². The highest BCUT2D eigenvalue weighted by Crippen LogP contribution is 2.42. The summed E-state index contributed by atoms with van der Waals surface area (Å²) in [4.78, 5) is 12.4. The molecule has 166 valence electrons. The van der Waals surface area contributed by atoms with E-state index in [0.29, 0.717) is 18.9 Å². The average Bonchev–Trinajstić information content (AvgIpc) is 3.34. The second-order valence-corrected chi connectivity index (χ2v) is 10.4. The maximum atomic E-state index is 12.4. The highest BCUT2D eigenvalue weighted by Gasteiger charge is 2.34. The fourth-order valence-electron chi connectivity index (χ4n) is 5.89. The predicted molar refractivity (Wildman–Crippen MR) is 134 cm³/mol. The van der Waals surface area contributed by atoms with Crippen molar-refractivity contribution < 1.29 is 9.53 Å². The van der Waals surface area contributed by atoms with Gasteiger partial charge in [-0.3, -0.25) is 4.79 Å². The molecular weight excluding hydrogens is 392 g/mol. The lowest BCUT2D eigenvalue weighted by Gasteiger charge is -2.30. The van der Waals surface area contributed by atoms with Crippen LogP contribution in [0.4, 0.5) is 0 Å². The lowest BCUT2D eigenvalue weighted by molar-refractivity contribution is -0.146. The van der Waals surface area contributed by atoms with Crippen LogP contribution in [-0.2, 0) is 16.0 Å². The molecule has 0 bridgehead atoms. The molecule has 0 aromatic heterocycles. The van der Waals surface area contributed by atoms with Crippen LogP contribution in [0, 0.1) is 11.3 Å². The Kier molecular flexibility index (Phi) is 5.80. The van der Waals surface area contributed by atoms with Gasteiger partial charge in [0.2, 0.25) is 0 Å². The third-order valence-corrected chi connectivity index (χ3v) is 7.78. The van der Waals surface area contributed by atoms with Crippen LogP contribution in [0.5, 0.6) is 0 Å². The predicted octanol–water partition coefficient (Wildman–Crippen LogP) is 8.06. The summed E-state index contributed by atoms with van der Waals surface area (Å²) in [5.74, 6) is 0.647. The SMILES string of the molecule is CC(C)(CC(=O)OCCCCc1ccc2ccc3cccc4ccc1c2c34)C1CCCC1. The van der Waals surface area contributed by atoms with E-state index in [4.69, 9.17) is 4.74 Å². The van der Waals surface area contributed by atoms with E-state index in [1.807, 2.05) is 0 Å². The van der Waals surface area contributed by atoms with Crippen molar-refractivity contribution in [1.82, 2.24) is 0 Å². The van der Waals surface area contributed by atoms with Crippen molar-refractivity contribution in [2.75, 3.05) is 6.61 Å². The van der Waals surface area contributed by atoms with E-state index in [9.17, 15) is 4.79 Å². The van der Waals surface area contributed by atoms with Gasteiger partial charge in [0, 0.05) is 0 Å². The molecule has 0 saturated heterocycles. The fraction of sp³-hybridized carbons (Fsp3) is 0.433. The molecule has 0 heterocycles. The molecule has 2 nitrogen and oxygen atoms in total. The monoisotopic (exact) mass is 426 g/mol. The van der Waals surface area contributed by atoms with Gasteiger partial charge in [-0.15, -0.1) is 0 Å². The van der Waals surface area contributed by atoms with Crippen LogP contribution in [0.2, 0.25) is 0 Å². The van der Waals surface area contributed by atoms with Crippen molar-refractivity contribution in [3.63, 3.8) is 0 Å². The molecule has 0 radical (unpaired) electrons. The quantitative estimate of drug-likeness (QED) is 0.162. The summed E-state index contributed by atoms with van der Waals surface area (Å²) in [5, 5.41) is 8.06. The number of carbonyl (C=O) groups excluding carboxylic acids is 1. The molecule has 0 atom stereocenters. The van der Waals surface area contributed by atoms with E-state index in [1.165, 1.54) is 63.6 Å². The van der Waals surface area contributed by atoms with Crippen LogP contribution < -0.4 is 0 Å². The summed E-state index contributed by atoms with van der Waals surface area (Å²) >= 11 is 0. The van der Waals surface area contributed by atoms with Gasteiger partial charge < -0.3 is 4.74 Å². The Hall–Kier alpha value is -2.61. The number of hydrogen-bond acceptors (Lipinski definition) is 2. The first kappa shape index (κ1) is 21.2. The van der Waals surface area contributed by atoms with E-state index < -0.39 is 0 Å². The van der Waals surface area contributed by atoms with Crippen LogP contribution in [0.1, 0.15) is 64.4 Å². The third-order valence-electron chi connectivity index (χ3n) is 7.78. The molecule has 0 N–H and O–H groups in total. The molecule has 1 aliphatic rings. The summed E-state index contributed by atoms with van der Waals surface area (Å²) in [6.07, 6.45) is 8.66. The third kappa shape index (κ3) is 4.08. The van der Waals surface area contributed by atoms with E-state index in [1.54, 1.807) is 0 Å². The number of aryl methyl sites for hydroxylation is 1. The second-order valence-electron chi connectivity index (χ2n) is 10.4. The van der Waals surface area contributed by atoms with Gasteiger partial charge in [-0.2, -0.15) is 0 Å². The zero-order valence-electron chi connectivity index (χ0n) is 19.5. The van der Waals surface area contributed by atoms with Crippen molar-refractivity contribution in [2.24, 2.45) is 11.3 Å². The number of benzene rings is 4. The Bertz CT molecular complexity index is 1210. The molecular formula is C30H34O2. The first-order valence-corrected chi connectivity index (χ1v) is 12.3. The summed E-state index contributed by atoms with van der Waals surface area (Å²) in [5.41, 5.74) is 1.46. The minimum Gasteiger partial charge on any atom is -0.466 e. The fourth-order valence-corrected chi connectivity index (χ4v) is 5.89. The Morgan fingerprint density at radius 3 is 2.28 bits per heavy atom. The first-order valence-electron chi connectivity index (χ1n) is 12.3. The number of rotatable bonds is 8. The van der Waals surface area contributed by atoms with Gasteiger partial charge in [-0.1, -0.05) is 81.3 Å². The van der Waals surface area contributed by atoms with Crippen LogP contribution >= 0.6 is 0 Å². The van der Waals surface area contributed by atoms with E-state index in [0.717, 1.165) is 19.3 Å². The summed E-state index contributed by atoms with van der Waals surface area (Å²) in [7, 11) is 0. The van der Waals surface area contributed by atoms with E-state index >= 15 is 0 Å². The minimum atomic E-state index is -0.0235. The van der Waals surface area contributed by atoms with Crippen LogP contribution in [-0.4, -0.2) is 12.6 Å². The molecule has 0 aliphatic heterocycles. The number of unbranched alkanes of at least 4 members (excludes halogenated alkanes) is 1. The molecule has 4 aromatic carbocycles. The van der Waals surface area contributed by atoms with Gasteiger partial charge >= 0.3 is 5.97 Å². The van der Waals surface area contributed by atoms with Gasteiger partial charge in [-0.05, 0) is 81.3 Å². The molecule has 4 aromatic rings. The van der Waals surface area contributed by atoms with Crippen molar-refractivity contribution in [1.29, 1.82) is 0 Å². The largest absolute Gasteiger partial charge is 0.466 e. The summed E-state index contributed by atoms with van der Waals surface area (Å²) in [6, 6.07) is 20.1. The Balaban J connectivity index is 1.19. The van der Waals surface area contributed by atoms with Crippen molar-refractivity contribution in [2.45, 2.75) is 65.2 Å². The maximum Gasteiger partial charge on any atom is 0.306 e. The summed E-state index contributed by atoms with van der Waals surface area (Å²) < 4.78 is 5.62. The molecule has 0 amide bonds. The smallest absolute Gasteiger partial charge is 0.306 e. The molecule has 5 rings (SSSR count). The molecule has 0 spiro atoms. The minimum absolute atomic E-state index is 0.0235. The maximum absolute atomic E-state index is 12.4. The number of esters is 1. The first-order chi connectivity index (χ1) is 15.5. The second kappa shape index (κ2) is 8.73.